The van der Waals surface area contributed by atoms with Gasteiger partial charge in [-0.15, -0.1) is 0 Å². The highest BCUT2D eigenvalue weighted by atomic mass is 28.3. The van der Waals surface area contributed by atoms with E-state index in [4.69, 9.17) is 0 Å². The molecule has 0 amide bonds. The fourth-order valence-corrected chi connectivity index (χ4v) is 9.71. The van der Waals surface area contributed by atoms with E-state index in [0.717, 1.165) is 5.92 Å². The summed E-state index contributed by atoms with van der Waals surface area (Å²) in [7, 11) is -1.66. The first kappa shape index (κ1) is 13.6. The molecule has 0 bridgehead atoms. The van der Waals surface area contributed by atoms with Crippen molar-refractivity contribution in [2.75, 3.05) is 0 Å². The van der Waals surface area contributed by atoms with Crippen LogP contribution < -0.4 is 0 Å². The van der Waals surface area contributed by atoms with Crippen LogP contribution in [-0.4, -0.2) is 8.07 Å². The topological polar surface area (TPSA) is 0 Å². The smallest absolute Gasteiger partial charge is 0.0808 e. The molecule has 3 aliphatic rings. The Morgan fingerprint density at radius 3 is 1.45 bits per heavy atom. The lowest BCUT2D eigenvalue weighted by Crippen LogP contribution is -2.43. The number of hydrogen-bond donors (Lipinski definition) is 0. The second-order valence-electron chi connectivity index (χ2n) is 6.48. The molecule has 104 valence electrons. The van der Waals surface area contributed by atoms with Crippen molar-refractivity contribution < 1.29 is 0 Å². The Balaban J connectivity index is 2.07. The molecule has 0 N–H and O–H groups in total. The predicted octanol–water partition coefficient (Wildman–Crippen LogP) is 5.37. The summed E-state index contributed by atoms with van der Waals surface area (Å²) in [6.07, 6.45) is 24.6. The minimum atomic E-state index is -1.66. The molecule has 0 aromatic rings. The normalized spacial score (nSPS) is 20.9. The zero-order valence-electron chi connectivity index (χ0n) is 12.6. The highest BCUT2D eigenvalue weighted by molar-refractivity contribution is 6.98. The fraction of sp³-hybridized carbons (Fsp3) is 0.368. The highest BCUT2D eigenvalue weighted by Crippen LogP contribution is 2.45. The Labute approximate surface area is 124 Å². The van der Waals surface area contributed by atoms with Gasteiger partial charge in [0.25, 0.3) is 0 Å². The van der Waals surface area contributed by atoms with Gasteiger partial charge in [-0.25, -0.2) is 0 Å². The largest absolute Gasteiger partial charge is 0.137 e. The molecule has 0 atom stereocenters. The van der Waals surface area contributed by atoms with Gasteiger partial charge in [-0.3, -0.25) is 0 Å². The van der Waals surface area contributed by atoms with Crippen LogP contribution in [0.1, 0.15) is 33.1 Å². The van der Waals surface area contributed by atoms with Gasteiger partial charge < -0.3 is 0 Å². The molecule has 0 fully saturated rings. The summed E-state index contributed by atoms with van der Waals surface area (Å²) in [5.41, 5.74) is 0. The van der Waals surface area contributed by atoms with Gasteiger partial charge in [-0.1, -0.05) is 84.1 Å². The number of hydrogen-bond acceptors (Lipinski definition) is 0. The quantitative estimate of drug-likeness (QED) is 0.594. The third kappa shape index (κ3) is 2.24. The van der Waals surface area contributed by atoms with Crippen LogP contribution in [0.3, 0.4) is 0 Å². The van der Waals surface area contributed by atoms with Crippen LogP contribution in [0, 0.1) is 5.92 Å². The summed E-state index contributed by atoms with van der Waals surface area (Å²) in [5, 5.41) is 5.20. The summed E-state index contributed by atoms with van der Waals surface area (Å²) in [6.45, 7) is 4.77. The Morgan fingerprint density at radius 1 is 0.800 bits per heavy atom. The van der Waals surface area contributed by atoms with Gasteiger partial charge in [0.05, 0.1) is 0 Å². The predicted molar refractivity (Wildman–Crippen MR) is 90.9 cm³/mol. The first-order valence-electron chi connectivity index (χ1n) is 7.82. The molecule has 1 heteroatoms. The van der Waals surface area contributed by atoms with Crippen LogP contribution in [0.15, 0.2) is 70.3 Å². The van der Waals surface area contributed by atoms with E-state index in [-0.39, 0.29) is 0 Å². The molecule has 0 spiro atoms. The molecule has 0 aromatic heterocycles. The van der Waals surface area contributed by atoms with E-state index in [0.29, 0.717) is 0 Å². The van der Waals surface area contributed by atoms with Gasteiger partial charge >= 0.3 is 0 Å². The second kappa shape index (κ2) is 5.57. The van der Waals surface area contributed by atoms with E-state index in [1.807, 2.05) is 0 Å². The summed E-state index contributed by atoms with van der Waals surface area (Å²) in [6, 6.07) is 1.36. The van der Waals surface area contributed by atoms with Crippen molar-refractivity contribution in [2.24, 2.45) is 5.92 Å². The van der Waals surface area contributed by atoms with Crippen molar-refractivity contribution in [3.8, 4) is 0 Å². The monoisotopic (exact) mass is 280 g/mol. The van der Waals surface area contributed by atoms with Gasteiger partial charge in [0.15, 0.2) is 0 Å². The first-order chi connectivity index (χ1) is 9.73. The van der Waals surface area contributed by atoms with Gasteiger partial charge in [-0.2, -0.15) is 0 Å². The molecule has 0 nitrogen and oxygen atoms in total. The molecule has 0 unspecified atom stereocenters. The van der Waals surface area contributed by atoms with Crippen molar-refractivity contribution in [1.29, 1.82) is 0 Å². The van der Waals surface area contributed by atoms with Crippen molar-refractivity contribution in [3.05, 3.63) is 70.3 Å². The van der Waals surface area contributed by atoms with Crippen LogP contribution in [0.5, 0.6) is 0 Å². The van der Waals surface area contributed by atoms with E-state index in [1.165, 1.54) is 25.3 Å². The van der Waals surface area contributed by atoms with Gasteiger partial charge in [0.2, 0.25) is 0 Å². The SMILES string of the molecule is CC(C)C[Si](C1=CC=CC1)(C1=CC=CC1)C1=CC=CC1. The number of rotatable bonds is 5. The average molecular weight is 280 g/mol. The molecule has 0 aliphatic heterocycles. The molecule has 0 saturated carbocycles. The lowest BCUT2D eigenvalue weighted by Gasteiger charge is -2.38. The van der Waals surface area contributed by atoms with Crippen LogP contribution in [0.25, 0.3) is 0 Å². The molecule has 0 heterocycles. The van der Waals surface area contributed by atoms with E-state index in [2.05, 4.69) is 68.5 Å². The van der Waals surface area contributed by atoms with Crippen molar-refractivity contribution in [1.82, 2.24) is 0 Å². The molecular formula is C19H24Si. The molecule has 0 saturated heterocycles. The van der Waals surface area contributed by atoms with E-state index in [1.54, 1.807) is 15.6 Å². The van der Waals surface area contributed by atoms with Gasteiger partial charge in [0.1, 0.15) is 8.07 Å². The molecule has 3 aliphatic carbocycles. The van der Waals surface area contributed by atoms with Crippen LogP contribution in [-0.2, 0) is 0 Å². The fourth-order valence-electron chi connectivity index (χ4n) is 3.92. The molecule has 0 aromatic carbocycles. The van der Waals surface area contributed by atoms with Gasteiger partial charge in [0, 0.05) is 0 Å². The van der Waals surface area contributed by atoms with E-state index >= 15 is 0 Å². The van der Waals surface area contributed by atoms with E-state index in [9.17, 15) is 0 Å². The summed E-state index contributed by atoms with van der Waals surface area (Å²) in [4.78, 5) is 0. The standard InChI is InChI=1S/C19H24Si/c1-16(2)15-20(17-9-3-4-10-17,18-11-5-6-12-18)19-13-7-8-14-19/h3-9,11,13,16H,10,12,14-15H2,1-2H3. The minimum Gasteiger partial charge on any atom is -0.0808 e. The second-order valence-corrected chi connectivity index (χ2v) is 10.6. The zero-order chi connectivity index (χ0) is 14.0. The third-order valence-corrected chi connectivity index (χ3v) is 10.5. The van der Waals surface area contributed by atoms with Crippen LogP contribution in [0.2, 0.25) is 6.04 Å². The summed E-state index contributed by atoms with van der Waals surface area (Å²) >= 11 is 0. The van der Waals surface area contributed by atoms with Crippen LogP contribution >= 0.6 is 0 Å². The van der Waals surface area contributed by atoms with Crippen LogP contribution in [0.4, 0.5) is 0 Å². The Kier molecular flexibility index (Phi) is 3.80. The Morgan fingerprint density at radius 2 is 1.20 bits per heavy atom. The molecule has 3 rings (SSSR count). The average Bonchev–Trinajstić information content (AvgIpc) is 3.15. The lowest BCUT2D eigenvalue weighted by molar-refractivity contribution is 0.720. The van der Waals surface area contributed by atoms with Crippen molar-refractivity contribution in [2.45, 2.75) is 39.2 Å². The maximum Gasteiger partial charge on any atom is 0.137 e. The number of allylic oxidation sites excluding steroid dienone is 12. The Hall–Kier alpha value is -1.34. The summed E-state index contributed by atoms with van der Waals surface area (Å²) in [5.74, 6) is 0.756. The van der Waals surface area contributed by atoms with Gasteiger partial charge in [-0.05, 0) is 31.2 Å². The first-order valence-corrected chi connectivity index (χ1v) is 10.0. The highest BCUT2D eigenvalue weighted by Gasteiger charge is 2.44. The summed E-state index contributed by atoms with van der Waals surface area (Å²) < 4.78 is 0. The third-order valence-electron chi connectivity index (χ3n) is 4.67. The Bertz CT molecular complexity index is 490. The molecule has 20 heavy (non-hydrogen) atoms. The van der Waals surface area contributed by atoms with Crippen molar-refractivity contribution >= 4 is 8.07 Å². The minimum absolute atomic E-state index is 0.756. The maximum atomic E-state index is 2.42. The molecular weight excluding hydrogens is 256 g/mol. The van der Waals surface area contributed by atoms with Crippen molar-refractivity contribution in [3.63, 3.8) is 0 Å². The van der Waals surface area contributed by atoms with E-state index < -0.39 is 8.07 Å². The lowest BCUT2D eigenvalue weighted by atomic mass is 10.3. The zero-order valence-corrected chi connectivity index (χ0v) is 13.6. The molecule has 0 radical (unpaired) electrons. The maximum absolute atomic E-state index is 2.42.